The number of thiocarbonyl (C=S) groups is 1. The van der Waals surface area contributed by atoms with E-state index in [1.165, 1.54) is 11.8 Å². The molecule has 1 aromatic heterocycles. The first kappa shape index (κ1) is 17.8. The average molecular weight is 396 g/mol. The van der Waals surface area contributed by atoms with E-state index in [1.807, 2.05) is 54.6 Å². The zero-order chi connectivity index (χ0) is 18.8. The van der Waals surface area contributed by atoms with Crippen LogP contribution < -0.4 is 4.74 Å². The van der Waals surface area contributed by atoms with Crippen LogP contribution in [0.1, 0.15) is 11.5 Å². The van der Waals surface area contributed by atoms with Crippen molar-refractivity contribution in [3.63, 3.8) is 0 Å². The van der Waals surface area contributed by atoms with Gasteiger partial charge in [-0.1, -0.05) is 48.2 Å². The number of aromatic nitrogens is 1. The second-order valence-corrected chi connectivity index (χ2v) is 7.61. The maximum Gasteiger partial charge on any atom is 0.266 e. The third-order valence-corrected chi connectivity index (χ3v) is 5.55. The van der Waals surface area contributed by atoms with Crippen molar-refractivity contribution in [2.75, 3.05) is 13.7 Å². The number of hydrogen-bond acceptors (Lipinski definition) is 6. The fourth-order valence-electron chi connectivity index (χ4n) is 2.78. The van der Waals surface area contributed by atoms with E-state index < -0.39 is 0 Å². The van der Waals surface area contributed by atoms with Crippen molar-refractivity contribution in [3.8, 4) is 5.75 Å². The molecule has 0 saturated carbocycles. The zero-order valence-corrected chi connectivity index (χ0v) is 16.2. The normalized spacial score (nSPS) is 15.9. The lowest BCUT2D eigenvalue weighted by atomic mass is 10.2. The molecule has 1 saturated heterocycles. The maximum absolute atomic E-state index is 12.7. The number of thioether (sulfide) groups is 1. The molecule has 7 heteroatoms. The van der Waals surface area contributed by atoms with Gasteiger partial charge in [-0.2, -0.15) is 0 Å². The van der Waals surface area contributed by atoms with Gasteiger partial charge in [0.25, 0.3) is 5.91 Å². The predicted molar refractivity (Wildman–Crippen MR) is 111 cm³/mol. The number of para-hydroxylation sites is 2. The Labute approximate surface area is 166 Å². The highest BCUT2D eigenvalue weighted by molar-refractivity contribution is 8.26. The van der Waals surface area contributed by atoms with Crippen LogP contribution in [0.4, 0.5) is 0 Å². The Morgan fingerprint density at radius 1 is 1.22 bits per heavy atom. The Balaban J connectivity index is 1.46. The summed E-state index contributed by atoms with van der Waals surface area (Å²) in [7, 11) is 1.62. The minimum absolute atomic E-state index is 0.0862. The first-order chi connectivity index (χ1) is 13.1. The van der Waals surface area contributed by atoms with Crippen LogP contribution in [0.5, 0.6) is 5.75 Å². The van der Waals surface area contributed by atoms with Crippen LogP contribution in [-0.4, -0.2) is 33.8 Å². The molecule has 2 aromatic carbocycles. The van der Waals surface area contributed by atoms with Gasteiger partial charge in [0.05, 0.1) is 12.0 Å². The molecule has 4 rings (SSSR count). The number of carbonyl (C=O) groups is 1. The number of amides is 1. The van der Waals surface area contributed by atoms with Gasteiger partial charge in [0.2, 0.25) is 0 Å². The SMILES string of the molecule is COc1ccc(/C=C2/SC(=S)N(CCc3nc4ccccc4o3)C2=O)cc1. The van der Waals surface area contributed by atoms with Gasteiger partial charge in [0, 0.05) is 13.0 Å². The van der Waals surface area contributed by atoms with Crippen molar-refractivity contribution in [1.29, 1.82) is 0 Å². The summed E-state index contributed by atoms with van der Waals surface area (Å²) in [5, 5.41) is 0. The first-order valence-electron chi connectivity index (χ1n) is 8.38. The summed E-state index contributed by atoms with van der Waals surface area (Å²) >= 11 is 6.70. The molecule has 1 amide bonds. The zero-order valence-electron chi connectivity index (χ0n) is 14.5. The number of methoxy groups -OCH3 is 1. The van der Waals surface area contributed by atoms with Crippen LogP contribution in [0.3, 0.4) is 0 Å². The maximum atomic E-state index is 12.7. The molecule has 0 radical (unpaired) electrons. The van der Waals surface area contributed by atoms with Gasteiger partial charge in [0.15, 0.2) is 11.5 Å². The van der Waals surface area contributed by atoms with E-state index in [2.05, 4.69) is 4.98 Å². The van der Waals surface area contributed by atoms with Crippen molar-refractivity contribution in [2.45, 2.75) is 6.42 Å². The fraction of sp³-hybridized carbons (Fsp3) is 0.150. The van der Waals surface area contributed by atoms with Crippen molar-refractivity contribution in [3.05, 3.63) is 64.9 Å². The lowest BCUT2D eigenvalue weighted by molar-refractivity contribution is -0.122. The van der Waals surface area contributed by atoms with Crippen LogP contribution >= 0.6 is 24.0 Å². The summed E-state index contributed by atoms with van der Waals surface area (Å²) in [5.74, 6) is 1.29. The highest BCUT2D eigenvalue weighted by Crippen LogP contribution is 2.33. The highest BCUT2D eigenvalue weighted by Gasteiger charge is 2.32. The Morgan fingerprint density at radius 2 is 2.00 bits per heavy atom. The molecule has 0 unspecified atom stereocenters. The number of carbonyl (C=O) groups excluding carboxylic acids is 1. The Morgan fingerprint density at radius 3 is 2.74 bits per heavy atom. The van der Waals surface area contributed by atoms with Crippen LogP contribution in [-0.2, 0) is 11.2 Å². The monoisotopic (exact) mass is 396 g/mol. The van der Waals surface area contributed by atoms with E-state index in [0.717, 1.165) is 22.4 Å². The molecule has 0 atom stereocenters. The summed E-state index contributed by atoms with van der Waals surface area (Å²) in [6, 6.07) is 15.1. The number of ether oxygens (including phenoxy) is 1. The largest absolute Gasteiger partial charge is 0.497 e. The minimum atomic E-state index is -0.0862. The molecule has 0 bridgehead atoms. The second-order valence-electron chi connectivity index (χ2n) is 5.93. The van der Waals surface area contributed by atoms with Gasteiger partial charge in [-0.3, -0.25) is 9.69 Å². The molecule has 5 nitrogen and oxygen atoms in total. The molecule has 1 fully saturated rings. The number of rotatable bonds is 5. The number of fused-ring (bicyclic) bond motifs is 1. The fourth-order valence-corrected chi connectivity index (χ4v) is 4.09. The van der Waals surface area contributed by atoms with Crippen LogP contribution in [0, 0.1) is 0 Å². The quantitative estimate of drug-likeness (QED) is 0.474. The molecule has 0 N–H and O–H groups in total. The summed E-state index contributed by atoms with van der Waals surface area (Å²) < 4.78 is 11.4. The lowest BCUT2D eigenvalue weighted by Gasteiger charge is -2.12. The lowest BCUT2D eigenvalue weighted by Crippen LogP contribution is -2.30. The van der Waals surface area contributed by atoms with Crippen molar-refractivity contribution >= 4 is 51.4 Å². The summed E-state index contributed by atoms with van der Waals surface area (Å²) in [5.41, 5.74) is 2.49. The standard InChI is InChI=1S/C20H16N2O3S2/c1-24-14-8-6-13(7-9-14)12-17-19(23)22(20(26)27-17)11-10-18-21-15-4-2-3-5-16(15)25-18/h2-9,12H,10-11H2,1H3/b17-12+. The van der Waals surface area contributed by atoms with Gasteiger partial charge in [-0.15, -0.1) is 0 Å². The Bertz CT molecular complexity index is 1010. The Hall–Kier alpha value is -2.64. The molecular formula is C20H16N2O3S2. The van der Waals surface area contributed by atoms with Gasteiger partial charge in [-0.25, -0.2) is 4.98 Å². The first-order valence-corrected chi connectivity index (χ1v) is 9.60. The molecule has 1 aliphatic rings. The van der Waals surface area contributed by atoms with Crippen LogP contribution in [0.15, 0.2) is 57.9 Å². The van der Waals surface area contributed by atoms with Gasteiger partial charge >= 0.3 is 0 Å². The predicted octanol–water partition coefficient (Wildman–Crippen LogP) is 4.28. The summed E-state index contributed by atoms with van der Waals surface area (Å²) in [6.45, 7) is 0.442. The average Bonchev–Trinajstić information content (AvgIpc) is 3.21. The van der Waals surface area contributed by atoms with Crippen LogP contribution in [0.2, 0.25) is 0 Å². The molecule has 27 heavy (non-hydrogen) atoms. The van der Waals surface area contributed by atoms with Crippen LogP contribution in [0.25, 0.3) is 17.2 Å². The molecule has 0 spiro atoms. The molecular weight excluding hydrogens is 380 g/mol. The summed E-state index contributed by atoms with van der Waals surface area (Å²) in [4.78, 5) is 19.4. The molecule has 2 heterocycles. The molecule has 0 aliphatic carbocycles. The van der Waals surface area contributed by atoms with Gasteiger partial charge in [-0.05, 0) is 35.9 Å². The second kappa shape index (κ2) is 7.54. The molecule has 1 aliphatic heterocycles. The van der Waals surface area contributed by atoms with E-state index in [0.29, 0.717) is 28.1 Å². The van der Waals surface area contributed by atoms with Crippen molar-refractivity contribution < 1.29 is 13.9 Å². The van der Waals surface area contributed by atoms with E-state index in [9.17, 15) is 4.79 Å². The van der Waals surface area contributed by atoms with E-state index >= 15 is 0 Å². The van der Waals surface area contributed by atoms with E-state index in [-0.39, 0.29) is 5.91 Å². The van der Waals surface area contributed by atoms with Gasteiger partial charge in [0.1, 0.15) is 15.6 Å². The number of nitrogens with zero attached hydrogens (tertiary/aromatic N) is 2. The third-order valence-electron chi connectivity index (χ3n) is 4.17. The number of benzene rings is 2. The number of oxazole rings is 1. The summed E-state index contributed by atoms with van der Waals surface area (Å²) in [6.07, 6.45) is 2.36. The third kappa shape index (κ3) is 3.74. The minimum Gasteiger partial charge on any atom is -0.497 e. The Kier molecular flexibility index (Phi) is 4.96. The molecule has 136 valence electrons. The highest BCUT2D eigenvalue weighted by atomic mass is 32.2. The van der Waals surface area contributed by atoms with Crippen molar-refractivity contribution in [2.24, 2.45) is 0 Å². The van der Waals surface area contributed by atoms with E-state index in [4.69, 9.17) is 21.4 Å². The van der Waals surface area contributed by atoms with Gasteiger partial charge < -0.3 is 9.15 Å². The van der Waals surface area contributed by atoms with Crippen molar-refractivity contribution in [1.82, 2.24) is 9.88 Å². The smallest absolute Gasteiger partial charge is 0.266 e. The van der Waals surface area contributed by atoms with E-state index in [1.54, 1.807) is 12.0 Å². The topological polar surface area (TPSA) is 55.6 Å². The molecule has 3 aromatic rings. The number of hydrogen-bond donors (Lipinski definition) is 0.